The summed E-state index contributed by atoms with van der Waals surface area (Å²) in [6.07, 6.45) is 0. The van der Waals surface area contributed by atoms with Gasteiger partial charge < -0.3 is 5.73 Å². The molecule has 0 saturated carbocycles. The third-order valence-electron chi connectivity index (χ3n) is 2.79. The number of carbonyl (C=O) groups excluding carboxylic acids is 2. The van der Waals surface area contributed by atoms with E-state index in [2.05, 4.69) is 4.98 Å². The maximum Gasteiger partial charge on any atom is 0.202 e. The number of nitrogen functional groups attached to an aromatic ring is 1. The summed E-state index contributed by atoms with van der Waals surface area (Å²) in [6, 6.07) is 0.553. The highest BCUT2D eigenvalue weighted by atomic mass is 19.2. The van der Waals surface area contributed by atoms with Crippen LogP contribution in [-0.4, -0.2) is 21.1 Å². The molecule has 1 aromatic heterocycles. The average Bonchev–Trinajstić information content (AvgIpc) is 2.56. The largest absolute Gasteiger partial charge is 0.369 e. The summed E-state index contributed by atoms with van der Waals surface area (Å²) in [4.78, 5) is 26.9. The zero-order valence-electron chi connectivity index (χ0n) is 10.3. The molecule has 7 heteroatoms. The lowest BCUT2D eigenvalue weighted by atomic mass is 10.1. The topological polar surface area (TPSA) is 78.0 Å². The quantitative estimate of drug-likeness (QED) is 0.857. The number of rotatable bonds is 3. The zero-order valence-corrected chi connectivity index (χ0v) is 10.3. The number of nitrogens with zero attached hydrogens (tertiary/aromatic N) is 2. The molecule has 2 rings (SSSR count). The summed E-state index contributed by atoms with van der Waals surface area (Å²) < 4.78 is 27.5. The van der Waals surface area contributed by atoms with Gasteiger partial charge in [0.1, 0.15) is 0 Å². The Morgan fingerprint density at radius 3 is 2.26 bits per heavy atom. The first kappa shape index (κ1) is 13.1. The molecular weight excluding hydrogens is 256 g/mol. The lowest BCUT2D eigenvalue weighted by Gasteiger charge is -2.14. The smallest absolute Gasteiger partial charge is 0.202 e. The number of nitrogens with two attached hydrogens (primary N) is 1. The van der Waals surface area contributed by atoms with Gasteiger partial charge in [-0.3, -0.25) is 14.2 Å². The first-order valence-electron chi connectivity index (χ1n) is 5.46. The van der Waals surface area contributed by atoms with Gasteiger partial charge in [-0.1, -0.05) is 0 Å². The van der Waals surface area contributed by atoms with Crippen LogP contribution in [0.25, 0.3) is 11.0 Å². The van der Waals surface area contributed by atoms with Crippen LogP contribution < -0.4 is 5.73 Å². The van der Waals surface area contributed by atoms with Crippen LogP contribution in [0.15, 0.2) is 12.1 Å². The number of hydrogen-bond donors (Lipinski definition) is 1. The fourth-order valence-corrected chi connectivity index (χ4v) is 2.03. The van der Waals surface area contributed by atoms with Gasteiger partial charge >= 0.3 is 0 Å². The maximum absolute atomic E-state index is 13.3. The first-order chi connectivity index (χ1) is 8.82. The Bertz CT molecular complexity index is 680. The number of imidazole rings is 1. The van der Waals surface area contributed by atoms with Crippen LogP contribution in [0.3, 0.4) is 0 Å². The van der Waals surface area contributed by atoms with Crippen molar-refractivity contribution in [2.24, 2.45) is 0 Å². The Balaban J connectivity index is 2.79. The van der Waals surface area contributed by atoms with Crippen LogP contribution in [-0.2, 0) is 9.59 Å². The van der Waals surface area contributed by atoms with E-state index in [-0.39, 0.29) is 17.0 Å². The number of aromatic nitrogens is 2. The molecule has 0 spiro atoms. The maximum atomic E-state index is 13.3. The predicted molar refractivity (Wildman–Crippen MR) is 64.5 cm³/mol. The van der Waals surface area contributed by atoms with Crippen molar-refractivity contribution in [3.63, 3.8) is 0 Å². The molecule has 100 valence electrons. The molecule has 2 aromatic rings. The van der Waals surface area contributed by atoms with Gasteiger partial charge in [-0.2, -0.15) is 0 Å². The monoisotopic (exact) mass is 267 g/mol. The molecule has 2 N–H and O–H groups in total. The molecule has 0 saturated heterocycles. The molecule has 0 radical (unpaired) electrons. The second kappa shape index (κ2) is 4.42. The number of carbonyl (C=O) groups is 2. The second-order valence-corrected chi connectivity index (χ2v) is 4.22. The summed E-state index contributed by atoms with van der Waals surface area (Å²) in [6.45, 7) is 2.44. The van der Waals surface area contributed by atoms with Crippen molar-refractivity contribution in [1.82, 2.24) is 9.55 Å². The summed E-state index contributed by atoms with van der Waals surface area (Å²) in [5.41, 5.74) is 5.82. The van der Waals surface area contributed by atoms with E-state index in [1.54, 1.807) is 0 Å². The average molecular weight is 267 g/mol. The van der Waals surface area contributed by atoms with Crippen molar-refractivity contribution in [2.45, 2.75) is 19.9 Å². The van der Waals surface area contributed by atoms with E-state index in [9.17, 15) is 18.4 Å². The molecule has 5 nitrogen and oxygen atoms in total. The lowest BCUT2D eigenvalue weighted by molar-refractivity contribution is -0.129. The molecule has 0 unspecified atom stereocenters. The highest BCUT2D eigenvalue weighted by molar-refractivity contribution is 6.04. The molecule has 19 heavy (non-hydrogen) atoms. The highest BCUT2D eigenvalue weighted by Crippen LogP contribution is 2.26. The van der Waals surface area contributed by atoms with Gasteiger partial charge in [-0.15, -0.1) is 0 Å². The van der Waals surface area contributed by atoms with Crippen LogP contribution in [0, 0.1) is 11.6 Å². The Hall–Kier alpha value is -2.31. The molecular formula is C12H11F2N3O2. The van der Waals surface area contributed by atoms with Crippen LogP contribution in [0.4, 0.5) is 14.7 Å². The summed E-state index contributed by atoms with van der Waals surface area (Å²) in [5, 5.41) is 0. The van der Waals surface area contributed by atoms with Gasteiger partial charge in [0.15, 0.2) is 29.2 Å². The van der Waals surface area contributed by atoms with Gasteiger partial charge in [-0.25, -0.2) is 13.8 Å². The fraction of sp³-hybridized carbons (Fsp3) is 0.250. The molecule has 0 aliphatic carbocycles. The minimum absolute atomic E-state index is 0.0869. The van der Waals surface area contributed by atoms with Crippen molar-refractivity contribution in [2.75, 3.05) is 5.73 Å². The van der Waals surface area contributed by atoms with Crippen molar-refractivity contribution in [3.05, 3.63) is 23.8 Å². The molecule has 1 aromatic carbocycles. The molecule has 0 aliphatic heterocycles. The highest BCUT2D eigenvalue weighted by Gasteiger charge is 2.26. The molecule has 0 atom stereocenters. The minimum Gasteiger partial charge on any atom is -0.369 e. The number of Topliss-reactive ketones (excluding diaryl/α,β-unsaturated/α-hetero) is 2. The zero-order chi connectivity index (χ0) is 14.3. The van der Waals surface area contributed by atoms with Gasteiger partial charge in [-0.05, 0) is 13.8 Å². The Labute approximate surface area is 107 Å². The summed E-state index contributed by atoms with van der Waals surface area (Å²) in [5.74, 6) is -3.22. The van der Waals surface area contributed by atoms with E-state index in [1.807, 2.05) is 0 Å². The second-order valence-electron chi connectivity index (χ2n) is 4.22. The Morgan fingerprint density at radius 2 is 1.74 bits per heavy atom. The summed E-state index contributed by atoms with van der Waals surface area (Å²) >= 11 is 0. The standard InChI is InChI=1S/C12H11F2N3O2/c1-5(18)11(6(2)19)17-10-4-8(14)7(13)3-9(10)16-12(17)15/h3-4,11H,1-2H3,(H2,15,16). The van der Waals surface area contributed by atoms with E-state index in [4.69, 9.17) is 5.73 Å². The Morgan fingerprint density at radius 1 is 1.21 bits per heavy atom. The van der Waals surface area contributed by atoms with Crippen LogP contribution in [0.2, 0.25) is 0 Å². The molecule has 0 amide bonds. The number of anilines is 1. The van der Waals surface area contributed by atoms with Gasteiger partial charge in [0.25, 0.3) is 0 Å². The summed E-state index contributed by atoms with van der Waals surface area (Å²) in [7, 11) is 0. The SMILES string of the molecule is CC(=O)C(C(C)=O)n1c(N)nc2cc(F)c(F)cc21. The van der Waals surface area contributed by atoms with Crippen LogP contribution in [0.5, 0.6) is 0 Å². The number of benzene rings is 1. The lowest BCUT2D eigenvalue weighted by Crippen LogP contribution is -2.25. The van der Waals surface area contributed by atoms with E-state index in [0.717, 1.165) is 16.7 Å². The fourth-order valence-electron chi connectivity index (χ4n) is 2.03. The van der Waals surface area contributed by atoms with E-state index >= 15 is 0 Å². The van der Waals surface area contributed by atoms with Gasteiger partial charge in [0, 0.05) is 12.1 Å². The normalized spacial score (nSPS) is 11.2. The molecule has 0 aliphatic rings. The van der Waals surface area contributed by atoms with Crippen molar-refractivity contribution < 1.29 is 18.4 Å². The molecule has 1 heterocycles. The van der Waals surface area contributed by atoms with Crippen molar-refractivity contribution in [1.29, 1.82) is 0 Å². The number of hydrogen-bond acceptors (Lipinski definition) is 4. The number of ketones is 2. The van der Waals surface area contributed by atoms with Crippen LogP contribution >= 0.6 is 0 Å². The van der Waals surface area contributed by atoms with Crippen LogP contribution in [0.1, 0.15) is 19.9 Å². The van der Waals surface area contributed by atoms with Gasteiger partial charge in [0.05, 0.1) is 11.0 Å². The molecule has 0 bridgehead atoms. The predicted octanol–water partition coefficient (Wildman–Crippen LogP) is 1.62. The Kier molecular flexibility index (Phi) is 3.05. The van der Waals surface area contributed by atoms with E-state index in [0.29, 0.717) is 0 Å². The van der Waals surface area contributed by atoms with Gasteiger partial charge in [0.2, 0.25) is 5.95 Å². The number of fused-ring (bicyclic) bond motifs is 1. The third kappa shape index (κ3) is 2.07. The number of halogens is 2. The first-order valence-corrected chi connectivity index (χ1v) is 5.46. The minimum atomic E-state index is -1.19. The van der Waals surface area contributed by atoms with E-state index < -0.39 is 29.2 Å². The van der Waals surface area contributed by atoms with Crippen molar-refractivity contribution >= 4 is 28.5 Å². The van der Waals surface area contributed by atoms with Crippen molar-refractivity contribution in [3.8, 4) is 0 Å². The third-order valence-corrected chi connectivity index (χ3v) is 2.79. The molecule has 0 fully saturated rings. The van der Waals surface area contributed by atoms with E-state index in [1.165, 1.54) is 13.8 Å².